The van der Waals surface area contributed by atoms with Crippen LogP contribution in [-0.4, -0.2) is 54.7 Å². The maximum absolute atomic E-state index is 11.5. The van der Waals surface area contributed by atoms with Gasteiger partial charge in [-0.2, -0.15) is 0 Å². The number of carbonyl (C=O) groups excluding carboxylic acids is 2. The molecule has 1 aliphatic heterocycles. The summed E-state index contributed by atoms with van der Waals surface area (Å²) in [5.74, 6) is 0.415. The minimum Gasteiger partial charge on any atom is -0.349 e. The number of amides is 1. The molecule has 0 N–H and O–H groups in total. The molecule has 0 aromatic heterocycles. The van der Waals surface area contributed by atoms with Gasteiger partial charge < -0.3 is 4.90 Å². The van der Waals surface area contributed by atoms with Crippen LogP contribution in [0.2, 0.25) is 0 Å². The van der Waals surface area contributed by atoms with Gasteiger partial charge in [-0.1, -0.05) is 6.42 Å². The number of rotatable bonds is 5. The summed E-state index contributed by atoms with van der Waals surface area (Å²) in [5, 5.41) is 0. The second kappa shape index (κ2) is 6.74. The van der Waals surface area contributed by atoms with Crippen molar-refractivity contribution in [1.82, 2.24) is 9.80 Å². The highest BCUT2D eigenvalue weighted by atomic mass is 16.2. The highest BCUT2D eigenvalue weighted by Gasteiger charge is 2.23. The van der Waals surface area contributed by atoms with Gasteiger partial charge in [0.2, 0.25) is 5.91 Å². The lowest BCUT2D eigenvalue weighted by molar-refractivity contribution is -0.129. The fourth-order valence-corrected chi connectivity index (χ4v) is 2.38. The van der Waals surface area contributed by atoms with Crippen LogP contribution >= 0.6 is 0 Å². The van der Waals surface area contributed by atoms with Gasteiger partial charge in [0.05, 0.1) is 0 Å². The molecule has 1 heterocycles. The predicted molar refractivity (Wildman–Crippen MR) is 67.8 cm³/mol. The van der Waals surface area contributed by atoms with Crippen molar-refractivity contribution in [2.24, 2.45) is 0 Å². The minimum atomic E-state index is 0.164. The van der Waals surface area contributed by atoms with Gasteiger partial charge in [0, 0.05) is 39.5 Å². The van der Waals surface area contributed by atoms with Crippen molar-refractivity contribution < 1.29 is 9.59 Å². The standard InChI is InChI=1S/C13H24N2O2/c1-11(16)10-12-6-4-5-8-15(12)9-7-13(17)14(2)3/h12H,4-10H2,1-3H3. The molecule has 98 valence electrons. The Balaban J connectivity index is 2.42. The van der Waals surface area contributed by atoms with Crippen LogP contribution in [0.3, 0.4) is 0 Å². The molecule has 1 saturated heterocycles. The fraction of sp³-hybridized carbons (Fsp3) is 0.846. The summed E-state index contributed by atoms with van der Waals surface area (Å²) in [4.78, 5) is 26.7. The van der Waals surface area contributed by atoms with Crippen LogP contribution in [0, 0.1) is 0 Å². The van der Waals surface area contributed by atoms with E-state index in [1.165, 1.54) is 12.8 Å². The van der Waals surface area contributed by atoms with Crippen molar-refractivity contribution in [1.29, 1.82) is 0 Å². The van der Waals surface area contributed by atoms with E-state index in [4.69, 9.17) is 0 Å². The molecule has 0 aliphatic carbocycles. The Bertz CT molecular complexity index is 277. The number of ketones is 1. The molecule has 1 amide bonds. The van der Waals surface area contributed by atoms with Gasteiger partial charge in [-0.25, -0.2) is 0 Å². The van der Waals surface area contributed by atoms with E-state index in [2.05, 4.69) is 4.90 Å². The van der Waals surface area contributed by atoms with Crippen LogP contribution in [0.15, 0.2) is 0 Å². The smallest absolute Gasteiger partial charge is 0.223 e. The second-order valence-electron chi connectivity index (χ2n) is 5.13. The predicted octanol–water partition coefficient (Wildman–Crippen LogP) is 1.30. The third-order valence-electron chi connectivity index (χ3n) is 3.38. The number of hydrogen-bond acceptors (Lipinski definition) is 3. The molecule has 1 rings (SSSR count). The van der Waals surface area contributed by atoms with E-state index >= 15 is 0 Å². The zero-order chi connectivity index (χ0) is 12.8. The van der Waals surface area contributed by atoms with Gasteiger partial charge in [-0.3, -0.25) is 14.5 Å². The molecule has 0 saturated carbocycles. The summed E-state index contributed by atoms with van der Waals surface area (Å²) in [6.07, 6.45) is 4.67. The second-order valence-corrected chi connectivity index (χ2v) is 5.13. The molecule has 1 fully saturated rings. The molecular formula is C13H24N2O2. The van der Waals surface area contributed by atoms with Crippen LogP contribution in [-0.2, 0) is 9.59 Å². The van der Waals surface area contributed by atoms with Gasteiger partial charge >= 0.3 is 0 Å². The fourth-order valence-electron chi connectivity index (χ4n) is 2.38. The Kier molecular flexibility index (Phi) is 5.62. The van der Waals surface area contributed by atoms with Crippen molar-refractivity contribution >= 4 is 11.7 Å². The molecule has 4 heteroatoms. The zero-order valence-corrected chi connectivity index (χ0v) is 11.2. The van der Waals surface area contributed by atoms with E-state index in [1.807, 2.05) is 0 Å². The number of piperidine rings is 1. The van der Waals surface area contributed by atoms with E-state index in [0.717, 1.165) is 19.5 Å². The van der Waals surface area contributed by atoms with Crippen LogP contribution < -0.4 is 0 Å². The maximum Gasteiger partial charge on any atom is 0.223 e. The number of likely N-dealkylation sites (tertiary alicyclic amines) is 1. The molecule has 0 aromatic carbocycles. The normalized spacial score (nSPS) is 21.2. The van der Waals surface area contributed by atoms with Crippen molar-refractivity contribution in [3.8, 4) is 0 Å². The molecule has 1 atom stereocenters. The van der Waals surface area contributed by atoms with E-state index < -0.39 is 0 Å². The van der Waals surface area contributed by atoms with Crippen molar-refractivity contribution in [3.63, 3.8) is 0 Å². The molecule has 0 bridgehead atoms. The van der Waals surface area contributed by atoms with Crippen LogP contribution in [0.1, 0.15) is 39.0 Å². The van der Waals surface area contributed by atoms with Gasteiger partial charge in [-0.15, -0.1) is 0 Å². The van der Waals surface area contributed by atoms with Gasteiger partial charge in [0.25, 0.3) is 0 Å². The SMILES string of the molecule is CC(=O)CC1CCCCN1CCC(=O)N(C)C. The lowest BCUT2D eigenvalue weighted by Crippen LogP contribution is -2.42. The first-order valence-electron chi connectivity index (χ1n) is 6.44. The van der Waals surface area contributed by atoms with E-state index in [1.54, 1.807) is 25.9 Å². The number of Topliss-reactive ketones (excluding diaryl/α,β-unsaturated/α-hetero) is 1. The number of nitrogens with zero attached hydrogens (tertiary/aromatic N) is 2. The molecule has 4 nitrogen and oxygen atoms in total. The first kappa shape index (κ1) is 14.2. The highest BCUT2D eigenvalue weighted by molar-refractivity contribution is 5.76. The molecule has 0 aromatic rings. The molecular weight excluding hydrogens is 216 g/mol. The van der Waals surface area contributed by atoms with E-state index in [-0.39, 0.29) is 11.7 Å². The van der Waals surface area contributed by atoms with Gasteiger partial charge in [-0.05, 0) is 26.3 Å². The van der Waals surface area contributed by atoms with Crippen LogP contribution in [0.25, 0.3) is 0 Å². The Hall–Kier alpha value is -0.900. The summed E-state index contributed by atoms with van der Waals surface area (Å²) in [5.41, 5.74) is 0. The van der Waals surface area contributed by atoms with E-state index in [0.29, 0.717) is 18.9 Å². The molecule has 0 radical (unpaired) electrons. The topological polar surface area (TPSA) is 40.6 Å². The van der Waals surface area contributed by atoms with Gasteiger partial charge in [0.1, 0.15) is 5.78 Å². The Labute approximate surface area is 104 Å². The molecule has 17 heavy (non-hydrogen) atoms. The number of carbonyl (C=O) groups is 2. The maximum atomic E-state index is 11.5. The quantitative estimate of drug-likeness (QED) is 0.727. The minimum absolute atomic E-state index is 0.164. The molecule has 1 aliphatic rings. The lowest BCUT2D eigenvalue weighted by Gasteiger charge is -2.35. The van der Waals surface area contributed by atoms with Crippen LogP contribution in [0.5, 0.6) is 0 Å². The van der Waals surface area contributed by atoms with Gasteiger partial charge in [0.15, 0.2) is 0 Å². The lowest BCUT2D eigenvalue weighted by atomic mass is 9.97. The van der Waals surface area contributed by atoms with Crippen molar-refractivity contribution in [2.45, 2.75) is 45.1 Å². The summed E-state index contributed by atoms with van der Waals surface area (Å²) in [6, 6.07) is 0.358. The first-order valence-corrected chi connectivity index (χ1v) is 6.44. The highest BCUT2D eigenvalue weighted by Crippen LogP contribution is 2.20. The first-order chi connectivity index (χ1) is 8.00. The van der Waals surface area contributed by atoms with E-state index in [9.17, 15) is 9.59 Å². The summed E-state index contributed by atoms with van der Waals surface area (Å²) >= 11 is 0. The Morgan fingerprint density at radius 2 is 2.00 bits per heavy atom. The number of hydrogen-bond donors (Lipinski definition) is 0. The Morgan fingerprint density at radius 3 is 2.59 bits per heavy atom. The molecule has 0 spiro atoms. The molecule has 1 unspecified atom stereocenters. The largest absolute Gasteiger partial charge is 0.349 e. The van der Waals surface area contributed by atoms with Crippen LogP contribution in [0.4, 0.5) is 0 Å². The summed E-state index contributed by atoms with van der Waals surface area (Å²) < 4.78 is 0. The van der Waals surface area contributed by atoms with Crippen molar-refractivity contribution in [2.75, 3.05) is 27.2 Å². The average Bonchev–Trinajstić information content (AvgIpc) is 2.26. The third kappa shape index (κ3) is 4.86. The summed E-state index contributed by atoms with van der Waals surface area (Å²) in [7, 11) is 3.57. The van der Waals surface area contributed by atoms with Crippen molar-refractivity contribution in [3.05, 3.63) is 0 Å². The monoisotopic (exact) mass is 240 g/mol. The Morgan fingerprint density at radius 1 is 1.29 bits per heavy atom. The summed E-state index contributed by atoms with van der Waals surface area (Å²) in [6.45, 7) is 3.46. The average molecular weight is 240 g/mol. The zero-order valence-electron chi connectivity index (χ0n) is 11.2. The third-order valence-corrected chi connectivity index (χ3v) is 3.38.